The number of hydrogen-bond donors (Lipinski definition) is 1. The summed E-state index contributed by atoms with van der Waals surface area (Å²) in [7, 11) is -1.56. The van der Waals surface area contributed by atoms with Gasteiger partial charge in [0.1, 0.15) is 5.56 Å². The molecule has 14 heavy (non-hydrogen) atoms. The first kappa shape index (κ1) is 10.7. The van der Waals surface area contributed by atoms with Gasteiger partial charge in [0, 0.05) is 12.3 Å². The highest BCUT2D eigenvalue weighted by atomic mass is 28.3. The van der Waals surface area contributed by atoms with Gasteiger partial charge in [0.25, 0.3) is 5.91 Å². The van der Waals surface area contributed by atoms with Gasteiger partial charge in [-0.2, -0.15) is 0 Å². The molecule has 4 nitrogen and oxygen atoms in total. The van der Waals surface area contributed by atoms with E-state index in [0.29, 0.717) is 0 Å². The van der Waals surface area contributed by atoms with Gasteiger partial charge in [-0.1, -0.05) is 19.6 Å². The monoisotopic (exact) mass is 210 g/mol. The minimum absolute atomic E-state index is 0.0647. The lowest BCUT2D eigenvalue weighted by Crippen LogP contribution is -2.34. The van der Waals surface area contributed by atoms with Crippen LogP contribution in [0.15, 0.2) is 23.3 Å². The molecule has 1 aromatic rings. The number of carbonyl (C=O) groups is 1. The largest absolute Gasteiger partial charge is 0.380 e. The van der Waals surface area contributed by atoms with Crippen molar-refractivity contribution < 1.29 is 4.79 Å². The first-order valence-electron chi connectivity index (χ1n) is 4.35. The van der Waals surface area contributed by atoms with Gasteiger partial charge >= 0.3 is 0 Å². The smallest absolute Gasteiger partial charge is 0.254 e. The van der Waals surface area contributed by atoms with Crippen molar-refractivity contribution in [2.75, 3.05) is 0 Å². The zero-order chi connectivity index (χ0) is 10.9. The number of nitrogens with two attached hydrogens (primary N) is 1. The fraction of sp³-hybridized carbons (Fsp3) is 0.333. The van der Waals surface area contributed by atoms with Crippen LogP contribution >= 0.6 is 0 Å². The van der Waals surface area contributed by atoms with Crippen molar-refractivity contribution in [1.29, 1.82) is 0 Å². The van der Waals surface area contributed by atoms with Crippen molar-refractivity contribution in [3.63, 3.8) is 0 Å². The molecule has 0 spiro atoms. The number of primary amides is 1. The van der Waals surface area contributed by atoms with E-state index in [2.05, 4.69) is 19.6 Å². The second-order valence-electron chi connectivity index (χ2n) is 4.17. The molecule has 0 aliphatic carbocycles. The van der Waals surface area contributed by atoms with Crippen LogP contribution in [0.5, 0.6) is 0 Å². The molecule has 76 valence electrons. The number of nitrogens with zero attached hydrogens (tertiary/aromatic N) is 1. The molecule has 0 saturated carbocycles. The van der Waals surface area contributed by atoms with E-state index in [9.17, 15) is 9.59 Å². The average Bonchev–Trinajstić information content (AvgIpc) is 2.02. The maximum absolute atomic E-state index is 11.2. The van der Waals surface area contributed by atoms with Crippen LogP contribution in [0, 0.1) is 0 Å². The Bertz CT molecular complexity index is 418. The van der Waals surface area contributed by atoms with E-state index >= 15 is 0 Å². The number of amides is 1. The molecule has 0 aliphatic heterocycles. The first-order chi connectivity index (χ1) is 6.32. The van der Waals surface area contributed by atoms with Gasteiger partial charge in [-0.15, -0.1) is 0 Å². The molecule has 1 amide bonds. The third kappa shape index (κ3) is 2.11. The maximum atomic E-state index is 11.2. The van der Waals surface area contributed by atoms with Crippen LogP contribution in [-0.4, -0.2) is 18.4 Å². The molecule has 0 saturated heterocycles. The van der Waals surface area contributed by atoms with E-state index in [1.807, 2.05) is 4.23 Å². The Morgan fingerprint density at radius 1 is 1.43 bits per heavy atom. The topological polar surface area (TPSA) is 65.1 Å². The SMILES string of the molecule is C[Si](C)(C)n1ccc(=O)c(C(N)=O)c1. The average molecular weight is 210 g/mol. The predicted molar refractivity (Wildman–Crippen MR) is 58.0 cm³/mol. The van der Waals surface area contributed by atoms with Crippen molar-refractivity contribution in [2.45, 2.75) is 19.6 Å². The van der Waals surface area contributed by atoms with Crippen molar-refractivity contribution in [3.05, 3.63) is 34.2 Å². The van der Waals surface area contributed by atoms with E-state index in [0.717, 1.165) is 0 Å². The normalized spacial score (nSPS) is 11.4. The summed E-state index contributed by atoms with van der Waals surface area (Å²) < 4.78 is 1.93. The third-order valence-corrected chi connectivity index (χ3v) is 3.79. The minimum atomic E-state index is -1.56. The molecule has 5 heteroatoms. The lowest BCUT2D eigenvalue weighted by molar-refractivity contribution is 0.0999. The van der Waals surface area contributed by atoms with Crippen molar-refractivity contribution in [2.24, 2.45) is 5.73 Å². The number of hydrogen-bond acceptors (Lipinski definition) is 2. The summed E-state index contributed by atoms with van der Waals surface area (Å²) >= 11 is 0. The van der Waals surface area contributed by atoms with Gasteiger partial charge in [0.05, 0.1) is 0 Å². The van der Waals surface area contributed by atoms with Gasteiger partial charge in [0.2, 0.25) is 0 Å². The molecule has 1 heterocycles. The quantitative estimate of drug-likeness (QED) is 0.728. The second-order valence-corrected chi connectivity index (χ2v) is 9.02. The third-order valence-electron chi connectivity index (χ3n) is 1.96. The van der Waals surface area contributed by atoms with Crippen molar-refractivity contribution in [1.82, 2.24) is 4.23 Å². The highest BCUT2D eigenvalue weighted by molar-refractivity contribution is 6.74. The Balaban J connectivity index is 3.34. The van der Waals surface area contributed by atoms with E-state index in [4.69, 9.17) is 5.73 Å². The van der Waals surface area contributed by atoms with E-state index in [1.54, 1.807) is 12.4 Å². The Labute approximate surface area is 83.4 Å². The van der Waals surface area contributed by atoms with Crippen LogP contribution in [0.3, 0.4) is 0 Å². The molecule has 2 N–H and O–H groups in total. The van der Waals surface area contributed by atoms with E-state index in [1.165, 1.54) is 6.07 Å². The van der Waals surface area contributed by atoms with Crippen LogP contribution in [0.4, 0.5) is 0 Å². The Morgan fingerprint density at radius 2 is 2.00 bits per heavy atom. The summed E-state index contributed by atoms with van der Waals surface area (Å²) in [4.78, 5) is 22.2. The minimum Gasteiger partial charge on any atom is -0.380 e. The van der Waals surface area contributed by atoms with Gasteiger partial charge in [-0.05, 0) is 6.20 Å². The van der Waals surface area contributed by atoms with Crippen LogP contribution in [0.2, 0.25) is 19.6 Å². The standard InChI is InChI=1S/C9H14N2O2Si/c1-14(2,3)11-5-4-8(12)7(6-11)9(10)13/h4-6H,1-3H3,(H2,10,13). The summed E-state index contributed by atoms with van der Waals surface area (Å²) in [6.45, 7) is 6.34. The molecular weight excluding hydrogens is 196 g/mol. The number of pyridine rings is 1. The molecule has 0 atom stereocenters. The Kier molecular flexibility index (Phi) is 2.61. The zero-order valence-corrected chi connectivity index (χ0v) is 9.57. The Hall–Kier alpha value is -1.36. The number of carbonyl (C=O) groups excluding carboxylic acids is 1. The van der Waals surface area contributed by atoms with Gasteiger partial charge in [-0.3, -0.25) is 9.59 Å². The van der Waals surface area contributed by atoms with Crippen LogP contribution in [-0.2, 0) is 0 Å². The van der Waals surface area contributed by atoms with Gasteiger partial charge in [-0.25, -0.2) is 0 Å². The predicted octanol–water partition coefficient (Wildman–Crippen LogP) is 0.630. The number of rotatable bonds is 2. The summed E-state index contributed by atoms with van der Waals surface area (Å²) in [5, 5.41) is 0. The molecular formula is C9H14N2O2Si. The first-order valence-corrected chi connectivity index (χ1v) is 7.79. The van der Waals surface area contributed by atoms with Gasteiger partial charge in [0.15, 0.2) is 13.7 Å². The highest BCUT2D eigenvalue weighted by Crippen LogP contribution is 2.05. The van der Waals surface area contributed by atoms with Crippen molar-refractivity contribution >= 4 is 14.1 Å². The van der Waals surface area contributed by atoms with Crippen LogP contribution < -0.4 is 11.2 Å². The number of aromatic nitrogens is 1. The van der Waals surface area contributed by atoms with Crippen molar-refractivity contribution in [3.8, 4) is 0 Å². The molecule has 1 aromatic heterocycles. The fourth-order valence-electron chi connectivity index (χ4n) is 1.09. The lowest BCUT2D eigenvalue weighted by Gasteiger charge is -2.20. The molecule has 0 bridgehead atoms. The molecule has 0 radical (unpaired) electrons. The molecule has 0 aliphatic rings. The molecule has 0 aromatic carbocycles. The molecule has 0 unspecified atom stereocenters. The summed E-state index contributed by atoms with van der Waals surface area (Å²) in [5.41, 5.74) is 4.84. The molecule has 1 rings (SSSR count). The summed E-state index contributed by atoms with van der Waals surface area (Å²) in [6.07, 6.45) is 3.26. The van der Waals surface area contributed by atoms with E-state index in [-0.39, 0.29) is 11.0 Å². The van der Waals surface area contributed by atoms with Crippen LogP contribution in [0.1, 0.15) is 10.4 Å². The lowest BCUT2D eigenvalue weighted by atomic mass is 10.3. The maximum Gasteiger partial charge on any atom is 0.254 e. The summed E-state index contributed by atoms with van der Waals surface area (Å²) in [6, 6.07) is 1.39. The Morgan fingerprint density at radius 3 is 2.43 bits per heavy atom. The molecule has 0 fully saturated rings. The van der Waals surface area contributed by atoms with Crippen LogP contribution in [0.25, 0.3) is 0 Å². The van der Waals surface area contributed by atoms with Gasteiger partial charge < -0.3 is 9.97 Å². The van der Waals surface area contributed by atoms with E-state index < -0.39 is 14.1 Å². The highest BCUT2D eigenvalue weighted by Gasteiger charge is 2.16. The summed E-state index contributed by atoms with van der Waals surface area (Å²) in [5.74, 6) is -0.664. The second kappa shape index (κ2) is 3.41. The fourth-order valence-corrected chi connectivity index (χ4v) is 2.12. The zero-order valence-electron chi connectivity index (χ0n) is 8.57.